The Morgan fingerprint density at radius 1 is 1.18 bits per heavy atom. The predicted octanol–water partition coefficient (Wildman–Crippen LogP) is 2.43. The van der Waals surface area contributed by atoms with E-state index in [2.05, 4.69) is 25.7 Å². The quantitative estimate of drug-likeness (QED) is 0.727. The standard InChI is InChI=1S/C14H29NO2/c1-4-11-17-12-13(16)14(2,3)15-9-7-5-6-8-10-15/h13,16H,4-12H2,1-3H3. The summed E-state index contributed by atoms with van der Waals surface area (Å²) in [7, 11) is 0. The van der Waals surface area contributed by atoms with Gasteiger partial charge in [0, 0.05) is 12.1 Å². The van der Waals surface area contributed by atoms with E-state index in [1.807, 2.05) is 0 Å². The molecule has 0 aliphatic carbocycles. The molecular weight excluding hydrogens is 214 g/mol. The van der Waals surface area contributed by atoms with E-state index in [1.54, 1.807) is 0 Å². The molecule has 0 radical (unpaired) electrons. The van der Waals surface area contributed by atoms with Crippen LogP contribution in [0, 0.1) is 0 Å². The fraction of sp³-hybridized carbons (Fsp3) is 1.00. The van der Waals surface area contributed by atoms with Crippen molar-refractivity contribution in [2.45, 2.75) is 64.5 Å². The van der Waals surface area contributed by atoms with Crippen molar-refractivity contribution in [2.75, 3.05) is 26.3 Å². The number of hydrogen-bond donors (Lipinski definition) is 1. The second-order valence-electron chi connectivity index (χ2n) is 5.65. The normalized spacial score (nSPS) is 21.2. The van der Waals surface area contributed by atoms with Crippen LogP contribution in [0.5, 0.6) is 0 Å². The van der Waals surface area contributed by atoms with Gasteiger partial charge >= 0.3 is 0 Å². The number of rotatable bonds is 6. The highest BCUT2D eigenvalue weighted by atomic mass is 16.5. The highest BCUT2D eigenvalue weighted by Crippen LogP contribution is 2.23. The van der Waals surface area contributed by atoms with E-state index in [4.69, 9.17) is 4.74 Å². The first-order chi connectivity index (χ1) is 8.09. The molecule has 1 rings (SSSR count). The summed E-state index contributed by atoms with van der Waals surface area (Å²) in [4.78, 5) is 2.43. The topological polar surface area (TPSA) is 32.7 Å². The molecule has 0 amide bonds. The van der Waals surface area contributed by atoms with Crippen LogP contribution >= 0.6 is 0 Å². The van der Waals surface area contributed by atoms with Gasteiger partial charge in [0.25, 0.3) is 0 Å². The number of likely N-dealkylation sites (tertiary alicyclic amines) is 1. The number of ether oxygens (including phenoxy) is 1. The molecule has 1 aliphatic rings. The van der Waals surface area contributed by atoms with Gasteiger partial charge in [0.15, 0.2) is 0 Å². The molecule has 0 saturated carbocycles. The lowest BCUT2D eigenvalue weighted by Crippen LogP contribution is -2.54. The van der Waals surface area contributed by atoms with Crippen LogP contribution < -0.4 is 0 Å². The van der Waals surface area contributed by atoms with Gasteiger partial charge < -0.3 is 9.84 Å². The zero-order valence-corrected chi connectivity index (χ0v) is 11.7. The van der Waals surface area contributed by atoms with Gasteiger partial charge in [0.1, 0.15) is 0 Å². The number of nitrogens with zero attached hydrogens (tertiary/aromatic N) is 1. The Balaban J connectivity index is 2.45. The third kappa shape index (κ3) is 4.57. The number of aliphatic hydroxyl groups excluding tert-OH is 1. The zero-order valence-electron chi connectivity index (χ0n) is 11.7. The van der Waals surface area contributed by atoms with Crippen molar-refractivity contribution < 1.29 is 9.84 Å². The van der Waals surface area contributed by atoms with Gasteiger partial charge in [-0.3, -0.25) is 4.90 Å². The minimum atomic E-state index is -0.396. The highest BCUT2D eigenvalue weighted by Gasteiger charge is 2.34. The van der Waals surface area contributed by atoms with E-state index in [1.165, 1.54) is 25.7 Å². The highest BCUT2D eigenvalue weighted by molar-refractivity contribution is 4.89. The summed E-state index contributed by atoms with van der Waals surface area (Å²) in [5.41, 5.74) is -0.169. The third-order valence-corrected chi connectivity index (χ3v) is 3.86. The van der Waals surface area contributed by atoms with E-state index in [0.29, 0.717) is 6.61 Å². The first-order valence-corrected chi connectivity index (χ1v) is 7.10. The summed E-state index contributed by atoms with van der Waals surface area (Å²) in [6.07, 6.45) is 5.78. The molecule has 3 heteroatoms. The van der Waals surface area contributed by atoms with E-state index in [9.17, 15) is 5.11 Å². The summed E-state index contributed by atoms with van der Waals surface area (Å²) in [5, 5.41) is 10.3. The van der Waals surface area contributed by atoms with Crippen LogP contribution in [0.2, 0.25) is 0 Å². The molecule has 3 nitrogen and oxygen atoms in total. The fourth-order valence-corrected chi connectivity index (χ4v) is 2.40. The Bertz CT molecular complexity index is 198. The van der Waals surface area contributed by atoms with E-state index >= 15 is 0 Å². The second kappa shape index (κ2) is 7.34. The Morgan fingerprint density at radius 2 is 1.76 bits per heavy atom. The average Bonchev–Trinajstić information content (AvgIpc) is 2.58. The molecule has 0 bridgehead atoms. The van der Waals surface area contributed by atoms with Gasteiger partial charge in [0.05, 0.1) is 12.7 Å². The van der Waals surface area contributed by atoms with Gasteiger partial charge in [-0.2, -0.15) is 0 Å². The molecule has 1 atom stereocenters. The summed E-state index contributed by atoms with van der Waals surface area (Å²) in [6.45, 7) is 9.78. The van der Waals surface area contributed by atoms with Crippen molar-refractivity contribution in [2.24, 2.45) is 0 Å². The van der Waals surface area contributed by atoms with E-state index < -0.39 is 6.10 Å². The Kier molecular flexibility index (Phi) is 6.45. The Labute approximate surface area is 106 Å². The maximum Gasteiger partial charge on any atom is 0.0951 e. The SMILES string of the molecule is CCCOCC(O)C(C)(C)N1CCCCCC1. The maximum atomic E-state index is 10.3. The minimum absolute atomic E-state index is 0.169. The second-order valence-corrected chi connectivity index (χ2v) is 5.65. The molecule has 1 fully saturated rings. The molecule has 1 N–H and O–H groups in total. The van der Waals surface area contributed by atoms with E-state index in [-0.39, 0.29) is 5.54 Å². The van der Waals surface area contributed by atoms with Gasteiger partial charge in [-0.25, -0.2) is 0 Å². The van der Waals surface area contributed by atoms with Crippen molar-refractivity contribution in [1.29, 1.82) is 0 Å². The summed E-state index contributed by atoms with van der Waals surface area (Å²) in [5.74, 6) is 0. The van der Waals surface area contributed by atoms with Crippen molar-refractivity contribution in [3.05, 3.63) is 0 Å². The van der Waals surface area contributed by atoms with Crippen LogP contribution in [0.25, 0.3) is 0 Å². The molecule has 0 aromatic carbocycles. The first-order valence-electron chi connectivity index (χ1n) is 7.10. The lowest BCUT2D eigenvalue weighted by atomic mass is 9.95. The Hall–Kier alpha value is -0.120. The number of hydrogen-bond acceptors (Lipinski definition) is 3. The van der Waals surface area contributed by atoms with Crippen LogP contribution in [-0.2, 0) is 4.74 Å². The van der Waals surface area contributed by atoms with Crippen LogP contribution in [0.3, 0.4) is 0 Å². The summed E-state index contributed by atoms with van der Waals surface area (Å²) < 4.78 is 5.48. The average molecular weight is 243 g/mol. The summed E-state index contributed by atoms with van der Waals surface area (Å²) in [6, 6.07) is 0. The predicted molar refractivity (Wildman–Crippen MR) is 71.2 cm³/mol. The summed E-state index contributed by atoms with van der Waals surface area (Å²) >= 11 is 0. The number of aliphatic hydroxyl groups is 1. The van der Waals surface area contributed by atoms with Gasteiger partial charge in [-0.05, 0) is 46.2 Å². The monoisotopic (exact) mass is 243 g/mol. The molecule has 17 heavy (non-hydrogen) atoms. The van der Waals surface area contributed by atoms with E-state index in [0.717, 1.165) is 26.1 Å². The van der Waals surface area contributed by atoms with Crippen LogP contribution in [-0.4, -0.2) is 48.0 Å². The third-order valence-electron chi connectivity index (χ3n) is 3.86. The molecule has 0 spiro atoms. The van der Waals surface area contributed by atoms with Gasteiger partial charge in [-0.1, -0.05) is 19.8 Å². The molecule has 1 heterocycles. The first kappa shape index (κ1) is 14.9. The maximum absolute atomic E-state index is 10.3. The molecule has 102 valence electrons. The Morgan fingerprint density at radius 3 is 2.29 bits per heavy atom. The van der Waals surface area contributed by atoms with Crippen molar-refractivity contribution >= 4 is 0 Å². The smallest absolute Gasteiger partial charge is 0.0951 e. The lowest BCUT2D eigenvalue weighted by Gasteiger charge is -2.41. The lowest BCUT2D eigenvalue weighted by molar-refractivity contribution is -0.0561. The van der Waals surface area contributed by atoms with Crippen molar-refractivity contribution in [3.8, 4) is 0 Å². The molecule has 1 unspecified atom stereocenters. The van der Waals surface area contributed by atoms with Crippen LogP contribution in [0.1, 0.15) is 52.9 Å². The molecule has 1 aliphatic heterocycles. The molecular formula is C14H29NO2. The largest absolute Gasteiger partial charge is 0.389 e. The van der Waals surface area contributed by atoms with Crippen LogP contribution in [0.4, 0.5) is 0 Å². The van der Waals surface area contributed by atoms with Crippen LogP contribution in [0.15, 0.2) is 0 Å². The molecule has 0 aromatic rings. The fourth-order valence-electron chi connectivity index (χ4n) is 2.40. The minimum Gasteiger partial charge on any atom is -0.389 e. The van der Waals surface area contributed by atoms with Crippen molar-refractivity contribution in [3.63, 3.8) is 0 Å². The van der Waals surface area contributed by atoms with Crippen molar-refractivity contribution in [1.82, 2.24) is 4.90 Å². The van der Waals surface area contributed by atoms with Gasteiger partial charge in [0.2, 0.25) is 0 Å². The zero-order chi connectivity index (χ0) is 12.7. The van der Waals surface area contributed by atoms with Gasteiger partial charge in [-0.15, -0.1) is 0 Å². The molecule has 0 aromatic heterocycles. The molecule has 1 saturated heterocycles.